The number of ether oxygens (including phenoxy) is 1. The number of pyridine rings is 1. The Hall–Kier alpha value is -4.61. The highest BCUT2D eigenvalue weighted by Crippen LogP contribution is 2.38. The van der Waals surface area contributed by atoms with Crippen LogP contribution in [-0.4, -0.2) is 20.1 Å². The molecule has 0 radical (unpaired) electrons. The molecule has 3 aromatic carbocycles. The third kappa shape index (κ3) is 5.37. The van der Waals surface area contributed by atoms with Crippen LogP contribution in [0, 0.1) is 18.3 Å². The minimum absolute atomic E-state index is 0.220. The van der Waals surface area contributed by atoms with Crippen molar-refractivity contribution in [1.29, 1.82) is 5.26 Å². The van der Waals surface area contributed by atoms with Gasteiger partial charge < -0.3 is 15.2 Å². The minimum atomic E-state index is 0.220. The summed E-state index contributed by atoms with van der Waals surface area (Å²) in [7, 11) is 0. The average molecular weight is 492 g/mol. The molecule has 0 spiro atoms. The van der Waals surface area contributed by atoms with E-state index >= 15 is 0 Å². The van der Waals surface area contributed by atoms with Crippen molar-refractivity contribution >= 4 is 34.3 Å². The first-order valence-electron chi connectivity index (χ1n) is 11.2. The molecule has 8 heteroatoms. The second-order valence-electron chi connectivity index (χ2n) is 8.03. The van der Waals surface area contributed by atoms with Crippen molar-refractivity contribution in [3.05, 3.63) is 102 Å². The number of nitrogens with one attached hydrogen (secondary N) is 1. The van der Waals surface area contributed by atoms with Crippen LogP contribution in [0.25, 0.3) is 11.0 Å². The molecule has 0 aliphatic carbocycles. The predicted molar refractivity (Wildman–Crippen MR) is 140 cm³/mol. The Morgan fingerprint density at radius 2 is 1.86 bits per heavy atom. The van der Waals surface area contributed by atoms with Gasteiger partial charge in [0.05, 0.1) is 22.7 Å². The summed E-state index contributed by atoms with van der Waals surface area (Å²) in [5.41, 5.74) is 3.81. The molecule has 5 aromatic rings. The van der Waals surface area contributed by atoms with Gasteiger partial charge in [0.2, 0.25) is 0 Å². The molecule has 5 rings (SSSR count). The third-order valence-electron chi connectivity index (χ3n) is 5.37. The first-order chi connectivity index (χ1) is 17.6. The maximum atomic E-state index is 9.64. The summed E-state index contributed by atoms with van der Waals surface area (Å²) in [6.45, 7) is 2.26. The van der Waals surface area contributed by atoms with Gasteiger partial charge in [0.25, 0.3) is 0 Å². The molecule has 0 atom stereocenters. The lowest BCUT2D eigenvalue weighted by Crippen LogP contribution is -2.00. The van der Waals surface area contributed by atoms with Gasteiger partial charge in [-0.25, -0.2) is 15.0 Å². The Morgan fingerprint density at radius 1 is 1.00 bits per heavy atom. The summed E-state index contributed by atoms with van der Waals surface area (Å²) in [5, 5.41) is 23.0. The Bertz CT molecular complexity index is 1580. The molecule has 0 unspecified atom stereocenters. The first-order valence-corrected chi connectivity index (χ1v) is 12.0. The fourth-order valence-corrected chi connectivity index (χ4v) is 4.47. The number of hydrogen-bond acceptors (Lipinski definition) is 8. The van der Waals surface area contributed by atoms with Crippen molar-refractivity contribution in [3.63, 3.8) is 0 Å². The van der Waals surface area contributed by atoms with E-state index in [2.05, 4.69) is 26.3 Å². The van der Waals surface area contributed by atoms with Crippen molar-refractivity contribution in [3.8, 4) is 17.6 Å². The van der Waals surface area contributed by atoms with E-state index in [1.807, 2.05) is 67.6 Å². The number of rotatable bonds is 7. The van der Waals surface area contributed by atoms with Crippen molar-refractivity contribution in [1.82, 2.24) is 15.0 Å². The molecule has 0 aliphatic heterocycles. The molecular formula is C28H21N5O2S. The van der Waals surface area contributed by atoms with Crippen LogP contribution in [0.2, 0.25) is 0 Å². The van der Waals surface area contributed by atoms with E-state index in [9.17, 15) is 5.11 Å². The fourth-order valence-electron chi connectivity index (χ4n) is 3.59. The standard InChI is InChI=1S/C28H21N5O2S/c1-18-5-11-24-27(32-18)30-17-31-28(24)33-25-14-22(35-16-20-4-2-3-19(13-20)15-29)8-12-26(25)36-23-9-6-21(34)7-10-23/h2-14,17,34H,16H2,1H3,(H,30,31,32,33). The molecule has 0 fully saturated rings. The maximum absolute atomic E-state index is 9.64. The minimum Gasteiger partial charge on any atom is -0.508 e. The molecule has 7 nitrogen and oxygen atoms in total. The van der Waals surface area contributed by atoms with Crippen LogP contribution in [0.3, 0.4) is 0 Å². The smallest absolute Gasteiger partial charge is 0.164 e. The van der Waals surface area contributed by atoms with E-state index in [0.29, 0.717) is 29.4 Å². The van der Waals surface area contributed by atoms with Gasteiger partial charge >= 0.3 is 0 Å². The molecule has 0 saturated carbocycles. The second kappa shape index (κ2) is 10.3. The maximum Gasteiger partial charge on any atom is 0.164 e. The normalized spacial score (nSPS) is 10.7. The number of phenolic OH excluding ortho intramolecular Hbond substituents is 1. The summed E-state index contributed by atoms with van der Waals surface area (Å²) in [4.78, 5) is 15.2. The fraction of sp³-hybridized carbons (Fsp3) is 0.0714. The summed E-state index contributed by atoms with van der Waals surface area (Å²) < 4.78 is 6.06. The highest BCUT2D eigenvalue weighted by molar-refractivity contribution is 7.99. The van der Waals surface area contributed by atoms with Gasteiger partial charge in [-0.3, -0.25) is 0 Å². The van der Waals surface area contributed by atoms with E-state index < -0.39 is 0 Å². The van der Waals surface area contributed by atoms with Gasteiger partial charge in [0, 0.05) is 21.6 Å². The number of nitrogens with zero attached hydrogens (tertiary/aromatic N) is 4. The van der Waals surface area contributed by atoms with Gasteiger partial charge in [-0.15, -0.1) is 0 Å². The topological polar surface area (TPSA) is 104 Å². The summed E-state index contributed by atoms with van der Waals surface area (Å²) in [5.74, 6) is 1.53. The van der Waals surface area contributed by atoms with Crippen LogP contribution in [0.15, 0.2) is 95.0 Å². The van der Waals surface area contributed by atoms with Gasteiger partial charge in [-0.2, -0.15) is 5.26 Å². The van der Waals surface area contributed by atoms with Crippen LogP contribution >= 0.6 is 11.8 Å². The number of phenols is 1. The van der Waals surface area contributed by atoms with E-state index in [1.54, 1.807) is 30.0 Å². The number of fused-ring (bicyclic) bond motifs is 1. The van der Waals surface area contributed by atoms with E-state index in [1.165, 1.54) is 6.33 Å². The lowest BCUT2D eigenvalue weighted by atomic mass is 10.1. The van der Waals surface area contributed by atoms with Crippen molar-refractivity contribution < 1.29 is 9.84 Å². The SMILES string of the molecule is Cc1ccc2c(Nc3cc(OCc4cccc(C#N)c4)ccc3Sc3ccc(O)cc3)ncnc2n1. The van der Waals surface area contributed by atoms with Gasteiger partial charge in [0.1, 0.15) is 30.3 Å². The van der Waals surface area contributed by atoms with Gasteiger partial charge in [-0.05, 0) is 73.2 Å². The predicted octanol–water partition coefficient (Wildman–Crippen LogP) is 6.38. The quantitative estimate of drug-likeness (QED) is 0.270. The number of aryl methyl sites for hydroxylation is 1. The van der Waals surface area contributed by atoms with Crippen LogP contribution < -0.4 is 10.1 Å². The second-order valence-corrected chi connectivity index (χ2v) is 9.14. The number of anilines is 2. The largest absolute Gasteiger partial charge is 0.508 e. The zero-order chi connectivity index (χ0) is 24.9. The summed E-state index contributed by atoms with van der Waals surface area (Å²) in [6, 6.07) is 26.3. The molecule has 0 amide bonds. The molecule has 0 aliphatic rings. The van der Waals surface area contributed by atoms with Gasteiger partial charge in [0.15, 0.2) is 5.65 Å². The molecule has 2 aromatic heterocycles. The molecule has 2 N–H and O–H groups in total. The number of aromatic nitrogens is 3. The zero-order valence-electron chi connectivity index (χ0n) is 19.3. The molecule has 0 saturated heterocycles. The molecule has 176 valence electrons. The van der Waals surface area contributed by atoms with Crippen LogP contribution in [0.4, 0.5) is 11.5 Å². The highest BCUT2D eigenvalue weighted by atomic mass is 32.2. The molecule has 36 heavy (non-hydrogen) atoms. The zero-order valence-corrected chi connectivity index (χ0v) is 20.2. The van der Waals surface area contributed by atoms with Gasteiger partial charge in [-0.1, -0.05) is 23.9 Å². The monoisotopic (exact) mass is 491 g/mol. The first kappa shape index (κ1) is 23.1. The van der Waals surface area contributed by atoms with Crippen molar-refractivity contribution in [2.45, 2.75) is 23.3 Å². The Labute approximate surface area is 212 Å². The summed E-state index contributed by atoms with van der Waals surface area (Å²) in [6.07, 6.45) is 1.49. The molecule has 2 heterocycles. The molecular weight excluding hydrogens is 470 g/mol. The van der Waals surface area contributed by atoms with Crippen LogP contribution in [-0.2, 0) is 6.61 Å². The Morgan fingerprint density at radius 3 is 2.69 bits per heavy atom. The lowest BCUT2D eigenvalue weighted by Gasteiger charge is -2.15. The third-order valence-corrected chi connectivity index (χ3v) is 6.45. The number of nitriles is 1. The van der Waals surface area contributed by atoms with E-state index in [-0.39, 0.29) is 5.75 Å². The van der Waals surface area contributed by atoms with E-state index in [4.69, 9.17) is 10.00 Å². The van der Waals surface area contributed by atoms with Crippen LogP contribution in [0.5, 0.6) is 11.5 Å². The highest BCUT2D eigenvalue weighted by Gasteiger charge is 2.12. The van der Waals surface area contributed by atoms with E-state index in [0.717, 1.165) is 32.1 Å². The van der Waals surface area contributed by atoms with Crippen molar-refractivity contribution in [2.24, 2.45) is 0 Å². The number of hydrogen-bond donors (Lipinski definition) is 2. The Balaban J connectivity index is 1.47. The lowest BCUT2D eigenvalue weighted by molar-refractivity contribution is 0.306. The summed E-state index contributed by atoms with van der Waals surface area (Å²) >= 11 is 1.55. The number of benzene rings is 3. The van der Waals surface area contributed by atoms with Crippen LogP contribution in [0.1, 0.15) is 16.8 Å². The van der Waals surface area contributed by atoms with Crippen molar-refractivity contribution in [2.75, 3.05) is 5.32 Å². The molecule has 0 bridgehead atoms. The average Bonchev–Trinajstić information content (AvgIpc) is 2.90. The Kier molecular flexibility index (Phi) is 6.65. The number of aromatic hydroxyl groups is 1.